The molecule has 0 spiro atoms. The zero-order valence-electron chi connectivity index (χ0n) is 13.8. The number of sulfone groups is 1. The topological polar surface area (TPSA) is 66.9 Å². The van der Waals surface area contributed by atoms with Crippen LogP contribution < -0.4 is 4.74 Å². The van der Waals surface area contributed by atoms with Crippen LogP contribution in [0, 0.1) is 0 Å². The molecule has 3 rings (SSSR count). The van der Waals surface area contributed by atoms with E-state index in [0.29, 0.717) is 31.9 Å². The Hall–Kier alpha value is -1.60. The number of rotatable bonds is 5. The average Bonchev–Trinajstić information content (AvgIpc) is 2.96. The molecule has 1 aromatic rings. The number of benzene rings is 1. The number of ether oxygens (including phenoxy) is 1. The van der Waals surface area contributed by atoms with E-state index in [1.165, 1.54) is 0 Å². The molecule has 7 heteroatoms. The van der Waals surface area contributed by atoms with Gasteiger partial charge in [0.1, 0.15) is 5.75 Å². The largest absolute Gasteiger partial charge is 0.493 e. The number of para-hydroxylation sites is 1. The van der Waals surface area contributed by atoms with Crippen molar-refractivity contribution >= 4 is 15.7 Å². The number of piperazine rings is 1. The van der Waals surface area contributed by atoms with Crippen molar-refractivity contribution in [1.29, 1.82) is 0 Å². The molecule has 2 fully saturated rings. The van der Waals surface area contributed by atoms with Gasteiger partial charge in [-0.1, -0.05) is 18.2 Å². The Morgan fingerprint density at radius 3 is 2.46 bits per heavy atom. The monoisotopic (exact) mass is 352 g/mol. The van der Waals surface area contributed by atoms with Crippen LogP contribution in [-0.4, -0.2) is 74.5 Å². The fourth-order valence-electron chi connectivity index (χ4n) is 3.33. The molecule has 1 amide bonds. The van der Waals surface area contributed by atoms with Gasteiger partial charge in [-0.05, 0) is 18.6 Å². The third kappa shape index (κ3) is 4.48. The molecular formula is C17H24N2O4S. The van der Waals surface area contributed by atoms with Gasteiger partial charge in [-0.2, -0.15) is 0 Å². The standard InChI is InChI=1S/C17H24N2O4S/c20-17(6-12-23-16-4-2-1-3-5-16)19-10-8-18(9-11-19)15-7-13-24(21,22)14-15/h1-5,15H,6-14H2. The Bertz CT molecular complexity index is 654. The van der Waals surface area contributed by atoms with E-state index in [2.05, 4.69) is 4.90 Å². The van der Waals surface area contributed by atoms with Gasteiger partial charge in [0.15, 0.2) is 9.84 Å². The van der Waals surface area contributed by atoms with Crippen molar-refractivity contribution < 1.29 is 17.9 Å². The Labute approximate surface area is 143 Å². The van der Waals surface area contributed by atoms with Crippen molar-refractivity contribution in [2.24, 2.45) is 0 Å². The van der Waals surface area contributed by atoms with E-state index in [1.54, 1.807) is 0 Å². The van der Waals surface area contributed by atoms with E-state index < -0.39 is 9.84 Å². The van der Waals surface area contributed by atoms with Crippen LogP contribution in [0.3, 0.4) is 0 Å². The molecule has 0 bridgehead atoms. The summed E-state index contributed by atoms with van der Waals surface area (Å²) >= 11 is 0. The normalized spacial score (nSPS) is 24.0. The molecule has 2 aliphatic heterocycles. The van der Waals surface area contributed by atoms with Crippen LogP contribution in [0.15, 0.2) is 30.3 Å². The van der Waals surface area contributed by atoms with Crippen LogP contribution in [0.1, 0.15) is 12.8 Å². The maximum atomic E-state index is 12.3. The highest BCUT2D eigenvalue weighted by atomic mass is 32.2. The van der Waals surface area contributed by atoms with E-state index >= 15 is 0 Å². The molecule has 0 radical (unpaired) electrons. The average molecular weight is 352 g/mol. The number of hydrogen-bond donors (Lipinski definition) is 0. The van der Waals surface area contributed by atoms with Crippen LogP contribution in [0.25, 0.3) is 0 Å². The summed E-state index contributed by atoms with van der Waals surface area (Å²) in [4.78, 5) is 16.3. The van der Waals surface area contributed by atoms with Crippen molar-refractivity contribution in [2.75, 3.05) is 44.3 Å². The summed E-state index contributed by atoms with van der Waals surface area (Å²) in [5.41, 5.74) is 0. The van der Waals surface area contributed by atoms with Gasteiger partial charge in [0, 0.05) is 32.2 Å². The minimum Gasteiger partial charge on any atom is -0.493 e. The van der Waals surface area contributed by atoms with E-state index in [-0.39, 0.29) is 17.7 Å². The predicted molar refractivity (Wildman–Crippen MR) is 91.8 cm³/mol. The molecular weight excluding hydrogens is 328 g/mol. The highest BCUT2D eigenvalue weighted by Gasteiger charge is 2.34. The van der Waals surface area contributed by atoms with Gasteiger partial charge in [0.05, 0.1) is 24.5 Å². The first-order chi connectivity index (χ1) is 11.5. The molecule has 0 aliphatic carbocycles. The lowest BCUT2D eigenvalue weighted by atomic mass is 10.2. The van der Waals surface area contributed by atoms with Crippen molar-refractivity contribution in [3.63, 3.8) is 0 Å². The van der Waals surface area contributed by atoms with Crippen molar-refractivity contribution in [2.45, 2.75) is 18.9 Å². The Kier molecular flexibility index (Phi) is 5.40. The van der Waals surface area contributed by atoms with Gasteiger partial charge in [-0.3, -0.25) is 9.69 Å². The third-order valence-corrected chi connectivity index (χ3v) is 6.47. The van der Waals surface area contributed by atoms with E-state index in [0.717, 1.165) is 25.3 Å². The first kappa shape index (κ1) is 17.2. The number of carbonyl (C=O) groups is 1. The number of nitrogens with zero attached hydrogens (tertiary/aromatic N) is 2. The summed E-state index contributed by atoms with van der Waals surface area (Å²) in [6, 6.07) is 9.61. The van der Waals surface area contributed by atoms with Crippen molar-refractivity contribution in [3.05, 3.63) is 30.3 Å². The lowest BCUT2D eigenvalue weighted by Crippen LogP contribution is -2.52. The second-order valence-corrected chi connectivity index (χ2v) is 8.61. The van der Waals surface area contributed by atoms with Gasteiger partial charge in [-0.15, -0.1) is 0 Å². The number of amides is 1. The van der Waals surface area contributed by atoms with Crippen molar-refractivity contribution in [1.82, 2.24) is 9.80 Å². The molecule has 2 saturated heterocycles. The van der Waals surface area contributed by atoms with Crippen LogP contribution >= 0.6 is 0 Å². The van der Waals surface area contributed by atoms with E-state index in [9.17, 15) is 13.2 Å². The zero-order chi connectivity index (χ0) is 17.0. The molecule has 6 nitrogen and oxygen atoms in total. The van der Waals surface area contributed by atoms with Gasteiger partial charge in [0.2, 0.25) is 5.91 Å². The van der Waals surface area contributed by atoms with Gasteiger partial charge in [0.25, 0.3) is 0 Å². The number of hydrogen-bond acceptors (Lipinski definition) is 5. The highest BCUT2D eigenvalue weighted by molar-refractivity contribution is 7.91. The van der Waals surface area contributed by atoms with Crippen molar-refractivity contribution in [3.8, 4) is 5.75 Å². The predicted octanol–water partition coefficient (Wildman–Crippen LogP) is 0.787. The molecule has 2 heterocycles. The first-order valence-corrected chi connectivity index (χ1v) is 10.3. The summed E-state index contributed by atoms with van der Waals surface area (Å²) in [6.45, 7) is 3.22. The van der Waals surface area contributed by atoms with Crippen LogP contribution in [0.2, 0.25) is 0 Å². The second-order valence-electron chi connectivity index (χ2n) is 6.39. The highest BCUT2D eigenvalue weighted by Crippen LogP contribution is 2.19. The second kappa shape index (κ2) is 7.53. The fourth-order valence-corrected chi connectivity index (χ4v) is 5.09. The first-order valence-electron chi connectivity index (χ1n) is 8.44. The molecule has 24 heavy (non-hydrogen) atoms. The molecule has 0 N–H and O–H groups in total. The maximum absolute atomic E-state index is 12.3. The van der Waals surface area contributed by atoms with Gasteiger partial charge in [-0.25, -0.2) is 8.42 Å². The Morgan fingerprint density at radius 1 is 1.12 bits per heavy atom. The van der Waals surface area contributed by atoms with Gasteiger partial charge < -0.3 is 9.64 Å². The summed E-state index contributed by atoms with van der Waals surface area (Å²) < 4.78 is 28.7. The summed E-state index contributed by atoms with van der Waals surface area (Å²) in [5.74, 6) is 1.45. The fraction of sp³-hybridized carbons (Fsp3) is 0.588. The summed E-state index contributed by atoms with van der Waals surface area (Å²) in [7, 11) is -2.85. The molecule has 1 aromatic carbocycles. The molecule has 2 aliphatic rings. The minimum atomic E-state index is -2.85. The minimum absolute atomic E-state index is 0.102. The summed E-state index contributed by atoms with van der Waals surface area (Å²) in [5, 5.41) is 0. The Balaban J connectivity index is 1.39. The van der Waals surface area contributed by atoms with E-state index in [1.807, 2.05) is 35.2 Å². The lowest BCUT2D eigenvalue weighted by Gasteiger charge is -2.37. The SMILES string of the molecule is O=C(CCOc1ccccc1)N1CCN(C2CCS(=O)(=O)C2)CC1. The summed E-state index contributed by atoms with van der Waals surface area (Å²) in [6.07, 6.45) is 1.09. The molecule has 0 saturated carbocycles. The number of carbonyl (C=O) groups excluding carboxylic acids is 1. The van der Waals surface area contributed by atoms with Crippen LogP contribution in [0.4, 0.5) is 0 Å². The molecule has 132 valence electrons. The molecule has 0 aromatic heterocycles. The van der Waals surface area contributed by atoms with Crippen LogP contribution in [-0.2, 0) is 14.6 Å². The Morgan fingerprint density at radius 2 is 1.83 bits per heavy atom. The molecule has 1 unspecified atom stereocenters. The third-order valence-electron chi connectivity index (χ3n) is 4.72. The maximum Gasteiger partial charge on any atom is 0.226 e. The van der Waals surface area contributed by atoms with Crippen LogP contribution in [0.5, 0.6) is 5.75 Å². The van der Waals surface area contributed by atoms with E-state index in [4.69, 9.17) is 4.74 Å². The van der Waals surface area contributed by atoms with Gasteiger partial charge >= 0.3 is 0 Å². The lowest BCUT2D eigenvalue weighted by molar-refractivity contribution is -0.133. The molecule has 1 atom stereocenters. The smallest absolute Gasteiger partial charge is 0.226 e. The zero-order valence-corrected chi connectivity index (χ0v) is 14.6. The quantitative estimate of drug-likeness (QED) is 0.784.